The van der Waals surface area contributed by atoms with Crippen LogP contribution in [0.5, 0.6) is 0 Å². The summed E-state index contributed by atoms with van der Waals surface area (Å²) in [6, 6.07) is 8.10. The number of nitrogens with zero attached hydrogens (tertiary/aromatic N) is 6. The molecule has 3 aromatic rings. The van der Waals surface area contributed by atoms with Gasteiger partial charge in [0, 0.05) is 11.9 Å². The van der Waals surface area contributed by atoms with Crippen LogP contribution in [0.3, 0.4) is 0 Å². The third kappa shape index (κ3) is 3.00. The maximum atomic E-state index is 4.42. The molecule has 2 heterocycles. The molecule has 0 fully saturated rings. The normalized spacial score (nSPS) is 10.6. The summed E-state index contributed by atoms with van der Waals surface area (Å²) in [5.74, 6) is 0.925. The topological polar surface area (TPSA) is 81.4 Å². The molecule has 3 rings (SSSR count). The van der Waals surface area contributed by atoms with E-state index in [4.69, 9.17) is 0 Å². The standard InChI is InChI=1S/C13H13N7S/c1-9-5-3-4-6-10(9)21-13-18-11(14-2)17-12(19-13)20-8-15-7-16-20/h3-8H,1-2H3,(H,14,17,18,19). The molecule has 0 atom stereocenters. The van der Waals surface area contributed by atoms with E-state index in [2.05, 4.69) is 43.3 Å². The second-order valence-electron chi connectivity index (χ2n) is 4.20. The minimum absolute atomic E-state index is 0.433. The lowest BCUT2D eigenvalue weighted by molar-refractivity contribution is 0.761. The summed E-state index contributed by atoms with van der Waals surface area (Å²) in [6.07, 6.45) is 2.99. The van der Waals surface area contributed by atoms with Crippen molar-refractivity contribution in [2.45, 2.75) is 17.0 Å². The molecule has 0 radical (unpaired) electrons. The van der Waals surface area contributed by atoms with E-state index in [0.29, 0.717) is 17.1 Å². The fraction of sp³-hybridized carbons (Fsp3) is 0.154. The lowest BCUT2D eigenvalue weighted by Crippen LogP contribution is -2.07. The van der Waals surface area contributed by atoms with Crippen molar-refractivity contribution in [2.24, 2.45) is 0 Å². The second-order valence-corrected chi connectivity index (χ2v) is 5.21. The van der Waals surface area contributed by atoms with Crippen molar-refractivity contribution in [3.63, 3.8) is 0 Å². The van der Waals surface area contributed by atoms with E-state index in [0.717, 1.165) is 4.90 Å². The molecular formula is C13H13N7S. The molecule has 0 bridgehead atoms. The highest BCUT2D eigenvalue weighted by molar-refractivity contribution is 7.99. The van der Waals surface area contributed by atoms with Crippen LogP contribution >= 0.6 is 11.8 Å². The number of rotatable bonds is 4. The third-order valence-electron chi connectivity index (χ3n) is 2.75. The van der Waals surface area contributed by atoms with Crippen LogP contribution in [-0.2, 0) is 0 Å². The summed E-state index contributed by atoms with van der Waals surface area (Å²) in [4.78, 5) is 18.1. The maximum Gasteiger partial charge on any atom is 0.257 e. The van der Waals surface area contributed by atoms with Gasteiger partial charge < -0.3 is 5.32 Å². The molecule has 7 nitrogen and oxygen atoms in total. The molecule has 0 amide bonds. The van der Waals surface area contributed by atoms with Gasteiger partial charge in [-0.1, -0.05) is 18.2 Å². The molecule has 0 saturated heterocycles. The highest BCUT2D eigenvalue weighted by atomic mass is 32.2. The van der Waals surface area contributed by atoms with Gasteiger partial charge in [-0.05, 0) is 30.3 Å². The van der Waals surface area contributed by atoms with Crippen molar-refractivity contribution in [1.29, 1.82) is 0 Å². The van der Waals surface area contributed by atoms with E-state index >= 15 is 0 Å². The van der Waals surface area contributed by atoms with Crippen molar-refractivity contribution in [2.75, 3.05) is 12.4 Å². The van der Waals surface area contributed by atoms with Gasteiger partial charge in [-0.2, -0.15) is 24.7 Å². The van der Waals surface area contributed by atoms with Gasteiger partial charge in [0.2, 0.25) is 5.95 Å². The smallest absolute Gasteiger partial charge is 0.257 e. The van der Waals surface area contributed by atoms with Gasteiger partial charge in [0.15, 0.2) is 5.16 Å². The predicted octanol–water partition coefficient (Wildman–Crippen LogP) is 1.95. The van der Waals surface area contributed by atoms with Gasteiger partial charge in [0.1, 0.15) is 12.7 Å². The van der Waals surface area contributed by atoms with Gasteiger partial charge >= 0.3 is 0 Å². The summed E-state index contributed by atoms with van der Waals surface area (Å²) in [7, 11) is 1.77. The Morgan fingerprint density at radius 2 is 2.00 bits per heavy atom. The monoisotopic (exact) mass is 299 g/mol. The Hall–Kier alpha value is -2.48. The van der Waals surface area contributed by atoms with Crippen LogP contribution in [0, 0.1) is 6.92 Å². The molecule has 0 saturated carbocycles. The molecule has 1 N–H and O–H groups in total. The van der Waals surface area contributed by atoms with Crippen molar-refractivity contribution in [3.05, 3.63) is 42.5 Å². The Kier molecular flexibility index (Phi) is 3.78. The Balaban J connectivity index is 1.99. The minimum atomic E-state index is 0.433. The Bertz CT molecular complexity index is 742. The fourth-order valence-corrected chi connectivity index (χ4v) is 2.52. The molecule has 2 aromatic heterocycles. The van der Waals surface area contributed by atoms with Crippen LogP contribution in [0.2, 0.25) is 0 Å². The average molecular weight is 299 g/mol. The Morgan fingerprint density at radius 3 is 2.71 bits per heavy atom. The average Bonchev–Trinajstić information content (AvgIpc) is 3.04. The van der Waals surface area contributed by atoms with Gasteiger partial charge in [-0.25, -0.2) is 4.98 Å². The molecule has 0 aliphatic heterocycles. The van der Waals surface area contributed by atoms with Gasteiger partial charge in [0.05, 0.1) is 0 Å². The number of hydrogen-bond donors (Lipinski definition) is 1. The SMILES string of the molecule is CNc1nc(Sc2ccccc2C)nc(-n2cncn2)n1. The summed E-state index contributed by atoms with van der Waals surface area (Å²) in [6.45, 7) is 2.06. The molecule has 21 heavy (non-hydrogen) atoms. The molecule has 0 unspecified atom stereocenters. The van der Waals surface area contributed by atoms with Crippen LogP contribution < -0.4 is 5.32 Å². The van der Waals surface area contributed by atoms with Crippen LogP contribution in [0.15, 0.2) is 47.0 Å². The van der Waals surface area contributed by atoms with E-state index in [-0.39, 0.29) is 0 Å². The number of aromatic nitrogens is 6. The highest BCUT2D eigenvalue weighted by Gasteiger charge is 2.10. The molecule has 8 heteroatoms. The van der Waals surface area contributed by atoms with E-state index in [1.165, 1.54) is 28.3 Å². The highest BCUT2D eigenvalue weighted by Crippen LogP contribution is 2.28. The molecule has 106 valence electrons. The Morgan fingerprint density at radius 1 is 1.14 bits per heavy atom. The first-order valence-electron chi connectivity index (χ1n) is 6.28. The van der Waals surface area contributed by atoms with Gasteiger partial charge in [-0.3, -0.25) is 0 Å². The fourth-order valence-electron chi connectivity index (χ4n) is 1.69. The zero-order valence-corrected chi connectivity index (χ0v) is 12.4. The zero-order chi connectivity index (χ0) is 14.7. The largest absolute Gasteiger partial charge is 0.357 e. The molecule has 1 aromatic carbocycles. The van der Waals surface area contributed by atoms with Crippen LogP contribution in [-0.4, -0.2) is 36.8 Å². The summed E-state index contributed by atoms with van der Waals surface area (Å²) < 4.78 is 1.50. The maximum absolute atomic E-state index is 4.42. The van der Waals surface area contributed by atoms with Crippen molar-refractivity contribution >= 4 is 17.7 Å². The van der Waals surface area contributed by atoms with Crippen molar-refractivity contribution in [3.8, 4) is 5.95 Å². The predicted molar refractivity (Wildman–Crippen MR) is 79.6 cm³/mol. The van der Waals surface area contributed by atoms with Crippen molar-refractivity contribution in [1.82, 2.24) is 29.7 Å². The van der Waals surface area contributed by atoms with Gasteiger partial charge in [-0.15, -0.1) is 0 Å². The quantitative estimate of drug-likeness (QED) is 0.788. The molecule has 0 aliphatic carbocycles. The van der Waals surface area contributed by atoms with Crippen molar-refractivity contribution < 1.29 is 0 Å². The summed E-state index contributed by atoms with van der Waals surface area (Å²) in [5, 5.41) is 7.58. The number of anilines is 1. The first kappa shape index (κ1) is 13.5. The number of hydrogen-bond acceptors (Lipinski definition) is 7. The lowest BCUT2D eigenvalue weighted by Gasteiger charge is -2.07. The van der Waals surface area contributed by atoms with E-state index in [1.807, 2.05) is 18.2 Å². The number of aryl methyl sites for hydroxylation is 1. The van der Waals surface area contributed by atoms with Crippen LogP contribution in [0.25, 0.3) is 5.95 Å². The van der Waals surface area contributed by atoms with Crippen LogP contribution in [0.4, 0.5) is 5.95 Å². The zero-order valence-electron chi connectivity index (χ0n) is 11.6. The summed E-state index contributed by atoms with van der Waals surface area (Å²) in [5.41, 5.74) is 1.18. The van der Waals surface area contributed by atoms with Gasteiger partial charge in [0.25, 0.3) is 5.95 Å². The Labute approximate surface area is 125 Å². The third-order valence-corrected chi connectivity index (χ3v) is 3.79. The van der Waals surface area contributed by atoms with E-state index < -0.39 is 0 Å². The summed E-state index contributed by atoms with van der Waals surface area (Å²) >= 11 is 1.49. The first-order valence-corrected chi connectivity index (χ1v) is 7.10. The van der Waals surface area contributed by atoms with E-state index in [1.54, 1.807) is 13.4 Å². The van der Waals surface area contributed by atoms with E-state index in [9.17, 15) is 0 Å². The minimum Gasteiger partial charge on any atom is -0.357 e. The molecule has 0 aliphatic rings. The lowest BCUT2D eigenvalue weighted by atomic mass is 10.2. The number of nitrogens with one attached hydrogen (secondary N) is 1. The first-order chi connectivity index (χ1) is 10.3. The number of benzene rings is 1. The van der Waals surface area contributed by atoms with Crippen LogP contribution in [0.1, 0.15) is 5.56 Å². The second kappa shape index (κ2) is 5.88. The molecular weight excluding hydrogens is 286 g/mol. The molecule has 0 spiro atoms.